The molecule has 0 atom stereocenters. The van der Waals surface area contributed by atoms with E-state index in [-0.39, 0.29) is 28.4 Å². The van der Waals surface area contributed by atoms with Gasteiger partial charge in [-0.3, -0.25) is 9.10 Å². The zero-order valence-corrected chi connectivity index (χ0v) is 15.8. The molecule has 0 saturated heterocycles. The summed E-state index contributed by atoms with van der Waals surface area (Å²) >= 11 is 6.15. The Morgan fingerprint density at radius 1 is 1.23 bits per heavy atom. The Balaban J connectivity index is 1.98. The van der Waals surface area contributed by atoms with Gasteiger partial charge < -0.3 is 10.1 Å². The third-order valence-electron chi connectivity index (χ3n) is 3.98. The first-order valence-corrected chi connectivity index (χ1v) is 9.94. The van der Waals surface area contributed by atoms with Crippen LogP contribution in [0.2, 0.25) is 5.02 Å². The van der Waals surface area contributed by atoms with Crippen LogP contribution in [0.15, 0.2) is 53.4 Å². The lowest BCUT2D eigenvalue weighted by molar-refractivity contribution is -0.119. The van der Waals surface area contributed by atoms with Crippen LogP contribution in [0.3, 0.4) is 0 Å². The molecule has 2 aromatic rings. The number of benzene rings is 2. The molecule has 0 spiro atoms. The van der Waals surface area contributed by atoms with E-state index in [0.29, 0.717) is 11.4 Å². The van der Waals surface area contributed by atoms with Crippen LogP contribution < -0.4 is 14.4 Å². The average molecular weight is 395 g/mol. The van der Waals surface area contributed by atoms with Gasteiger partial charge in [-0.05, 0) is 43.2 Å². The smallest absolute Gasteiger partial charge is 0.264 e. The van der Waals surface area contributed by atoms with Crippen molar-refractivity contribution in [3.05, 3.63) is 53.6 Å². The van der Waals surface area contributed by atoms with Crippen LogP contribution in [0, 0.1) is 0 Å². The molecule has 0 unspecified atom stereocenters. The quantitative estimate of drug-likeness (QED) is 0.783. The first-order valence-electron chi connectivity index (χ1n) is 8.12. The molecule has 2 aromatic carbocycles. The van der Waals surface area contributed by atoms with Gasteiger partial charge in [-0.15, -0.1) is 0 Å². The second-order valence-electron chi connectivity index (χ2n) is 5.99. The molecule has 1 N–H and O–H groups in total. The van der Waals surface area contributed by atoms with Crippen molar-refractivity contribution in [2.24, 2.45) is 0 Å². The third-order valence-corrected chi connectivity index (χ3v) is 6.07. The number of carbonyl (C=O) groups is 1. The number of sulfonamides is 1. The summed E-state index contributed by atoms with van der Waals surface area (Å²) in [4.78, 5) is 12.4. The molecule has 1 aliphatic rings. The van der Waals surface area contributed by atoms with E-state index in [9.17, 15) is 13.2 Å². The highest BCUT2D eigenvalue weighted by molar-refractivity contribution is 7.92. The number of amides is 1. The summed E-state index contributed by atoms with van der Waals surface area (Å²) in [6.45, 7) is -0.323. The Kier molecular flexibility index (Phi) is 5.38. The van der Waals surface area contributed by atoms with Crippen molar-refractivity contribution in [1.29, 1.82) is 0 Å². The standard InChI is InChI=1S/C18H19ClN2O4S/c1-25-17-10-9-14(11-16(17)19)21(12-18(22)20-13-7-8-13)26(23,24)15-5-3-2-4-6-15/h2-6,9-11,13H,7-8,12H2,1H3,(H,20,22). The number of hydrogen-bond donors (Lipinski definition) is 1. The molecule has 8 heteroatoms. The molecular weight excluding hydrogens is 376 g/mol. The largest absolute Gasteiger partial charge is 0.495 e. The number of rotatable bonds is 7. The lowest BCUT2D eigenvalue weighted by atomic mass is 10.3. The van der Waals surface area contributed by atoms with E-state index >= 15 is 0 Å². The predicted octanol–water partition coefficient (Wildman–Crippen LogP) is 2.82. The number of halogens is 1. The Hall–Kier alpha value is -2.25. The Morgan fingerprint density at radius 2 is 1.92 bits per heavy atom. The van der Waals surface area contributed by atoms with Crippen LogP contribution >= 0.6 is 11.6 Å². The van der Waals surface area contributed by atoms with Gasteiger partial charge in [0.25, 0.3) is 10.0 Å². The maximum atomic E-state index is 13.1. The molecule has 0 aromatic heterocycles. The zero-order chi connectivity index (χ0) is 18.7. The van der Waals surface area contributed by atoms with Crippen molar-refractivity contribution in [3.63, 3.8) is 0 Å². The minimum atomic E-state index is -3.93. The van der Waals surface area contributed by atoms with Crippen LogP contribution in [-0.4, -0.2) is 34.0 Å². The normalized spacial score (nSPS) is 13.9. The van der Waals surface area contributed by atoms with E-state index in [1.165, 1.54) is 25.3 Å². The second kappa shape index (κ2) is 7.55. The molecule has 3 rings (SSSR count). The van der Waals surface area contributed by atoms with Gasteiger partial charge in [0.05, 0.1) is 22.7 Å². The summed E-state index contributed by atoms with van der Waals surface area (Å²) in [7, 11) is -2.45. The van der Waals surface area contributed by atoms with E-state index < -0.39 is 10.0 Å². The molecule has 1 amide bonds. The fourth-order valence-corrected chi connectivity index (χ4v) is 4.16. The summed E-state index contributed by atoms with van der Waals surface area (Å²) in [6.07, 6.45) is 1.84. The second-order valence-corrected chi connectivity index (χ2v) is 8.25. The summed E-state index contributed by atoms with van der Waals surface area (Å²) in [5.74, 6) is 0.0776. The molecule has 0 bridgehead atoms. The molecule has 6 nitrogen and oxygen atoms in total. The van der Waals surface area contributed by atoms with E-state index in [1.807, 2.05) is 0 Å². The van der Waals surface area contributed by atoms with Crippen molar-refractivity contribution < 1.29 is 17.9 Å². The van der Waals surface area contributed by atoms with Gasteiger partial charge in [0.1, 0.15) is 12.3 Å². The number of nitrogens with zero attached hydrogens (tertiary/aromatic N) is 1. The predicted molar refractivity (Wildman–Crippen MR) is 100 cm³/mol. The Morgan fingerprint density at radius 3 is 2.50 bits per heavy atom. The summed E-state index contributed by atoms with van der Waals surface area (Å²) in [5, 5.41) is 3.08. The van der Waals surface area contributed by atoms with Crippen molar-refractivity contribution in [2.45, 2.75) is 23.8 Å². The number of hydrogen-bond acceptors (Lipinski definition) is 4. The van der Waals surface area contributed by atoms with Gasteiger partial charge in [-0.2, -0.15) is 0 Å². The molecule has 0 aliphatic heterocycles. The van der Waals surface area contributed by atoms with Gasteiger partial charge in [-0.1, -0.05) is 29.8 Å². The lowest BCUT2D eigenvalue weighted by Crippen LogP contribution is -2.41. The highest BCUT2D eigenvalue weighted by Gasteiger charge is 2.30. The molecule has 0 radical (unpaired) electrons. The zero-order valence-electron chi connectivity index (χ0n) is 14.2. The van der Waals surface area contributed by atoms with E-state index in [1.54, 1.807) is 30.3 Å². The number of nitrogens with one attached hydrogen (secondary N) is 1. The SMILES string of the molecule is COc1ccc(N(CC(=O)NC2CC2)S(=O)(=O)c2ccccc2)cc1Cl. The molecule has 1 fully saturated rings. The van der Waals surface area contributed by atoms with E-state index in [4.69, 9.17) is 16.3 Å². The van der Waals surface area contributed by atoms with Gasteiger partial charge in [0.15, 0.2) is 0 Å². The number of methoxy groups -OCH3 is 1. The first-order chi connectivity index (χ1) is 12.4. The van der Waals surface area contributed by atoms with Gasteiger partial charge in [-0.25, -0.2) is 8.42 Å². The number of anilines is 1. The highest BCUT2D eigenvalue weighted by atomic mass is 35.5. The summed E-state index contributed by atoms with van der Waals surface area (Å²) in [5.41, 5.74) is 0.297. The number of carbonyl (C=O) groups excluding carboxylic acids is 1. The van der Waals surface area contributed by atoms with E-state index in [0.717, 1.165) is 17.1 Å². The summed E-state index contributed by atoms with van der Waals surface area (Å²) < 4.78 is 32.4. The molecule has 138 valence electrons. The van der Waals surface area contributed by atoms with Gasteiger partial charge in [0, 0.05) is 6.04 Å². The first kappa shape index (κ1) is 18.5. The lowest BCUT2D eigenvalue weighted by Gasteiger charge is -2.24. The maximum absolute atomic E-state index is 13.1. The summed E-state index contributed by atoms with van der Waals surface area (Å²) in [6, 6.07) is 12.7. The topological polar surface area (TPSA) is 75.7 Å². The maximum Gasteiger partial charge on any atom is 0.264 e. The minimum absolute atomic E-state index is 0.103. The van der Waals surface area contributed by atoms with Crippen LogP contribution in [0.1, 0.15) is 12.8 Å². The van der Waals surface area contributed by atoms with Crippen LogP contribution in [0.4, 0.5) is 5.69 Å². The molecule has 1 aliphatic carbocycles. The fourth-order valence-electron chi connectivity index (χ4n) is 2.48. The Labute approximate surface area is 157 Å². The number of ether oxygens (including phenoxy) is 1. The van der Waals surface area contributed by atoms with Gasteiger partial charge >= 0.3 is 0 Å². The van der Waals surface area contributed by atoms with E-state index in [2.05, 4.69) is 5.32 Å². The van der Waals surface area contributed by atoms with Crippen molar-refractivity contribution in [2.75, 3.05) is 18.0 Å². The van der Waals surface area contributed by atoms with Crippen LogP contribution in [0.5, 0.6) is 5.75 Å². The third kappa shape index (κ3) is 4.11. The monoisotopic (exact) mass is 394 g/mol. The van der Waals surface area contributed by atoms with Crippen LogP contribution in [0.25, 0.3) is 0 Å². The molecule has 26 heavy (non-hydrogen) atoms. The van der Waals surface area contributed by atoms with Crippen molar-refractivity contribution in [1.82, 2.24) is 5.32 Å². The molecule has 0 heterocycles. The molecule has 1 saturated carbocycles. The van der Waals surface area contributed by atoms with Gasteiger partial charge in [0.2, 0.25) is 5.91 Å². The highest BCUT2D eigenvalue weighted by Crippen LogP contribution is 2.32. The minimum Gasteiger partial charge on any atom is -0.495 e. The fraction of sp³-hybridized carbons (Fsp3) is 0.278. The Bertz CT molecular complexity index is 899. The average Bonchev–Trinajstić information content (AvgIpc) is 3.44. The van der Waals surface area contributed by atoms with Crippen LogP contribution in [-0.2, 0) is 14.8 Å². The van der Waals surface area contributed by atoms with Crippen molar-refractivity contribution in [3.8, 4) is 5.75 Å². The van der Waals surface area contributed by atoms with Crippen molar-refractivity contribution >= 4 is 33.2 Å². The molecular formula is C18H19ClN2O4S.